The molecule has 0 saturated carbocycles. The minimum absolute atomic E-state index is 0.115. The Labute approximate surface area is 168 Å². The van der Waals surface area contributed by atoms with Gasteiger partial charge in [0.25, 0.3) is 0 Å². The van der Waals surface area contributed by atoms with Gasteiger partial charge in [0.05, 0.1) is 7.11 Å². The van der Waals surface area contributed by atoms with Crippen LogP contribution < -0.4 is 10.1 Å². The molecule has 0 bridgehead atoms. The number of carboxylic acid groups (broad SMARTS) is 1. The summed E-state index contributed by atoms with van der Waals surface area (Å²) in [6.07, 6.45) is 0.195. The number of aromatic hydroxyl groups is 1. The van der Waals surface area contributed by atoms with Crippen molar-refractivity contribution in [2.24, 2.45) is 0 Å². The summed E-state index contributed by atoms with van der Waals surface area (Å²) in [4.78, 5) is 24.7. The lowest BCUT2D eigenvalue weighted by atomic mass is 10.00. The van der Waals surface area contributed by atoms with Gasteiger partial charge in [0.15, 0.2) is 5.78 Å². The second kappa shape index (κ2) is 8.93. The van der Waals surface area contributed by atoms with Gasteiger partial charge in [0.2, 0.25) is 0 Å². The lowest BCUT2D eigenvalue weighted by Crippen LogP contribution is -2.32. The number of carbonyl (C=O) groups excluding carboxylic acids is 1. The van der Waals surface area contributed by atoms with Crippen LogP contribution in [0.1, 0.15) is 21.5 Å². The Balaban J connectivity index is 1.84. The number of anilines is 1. The van der Waals surface area contributed by atoms with Crippen LogP contribution in [0, 0.1) is 0 Å². The largest absolute Gasteiger partial charge is 0.508 e. The Morgan fingerprint density at radius 3 is 2.24 bits per heavy atom. The number of ether oxygens (including phenoxy) is 1. The molecule has 0 aliphatic heterocycles. The zero-order valence-corrected chi connectivity index (χ0v) is 15.8. The van der Waals surface area contributed by atoms with E-state index in [1.165, 1.54) is 12.1 Å². The predicted octanol–water partition coefficient (Wildman–Crippen LogP) is 3.74. The van der Waals surface area contributed by atoms with Gasteiger partial charge in [-0.25, -0.2) is 4.79 Å². The Hall–Kier alpha value is -3.80. The Morgan fingerprint density at radius 1 is 0.966 bits per heavy atom. The summed E-state index contributed by atoms with van der Waals surface area (Å²) >= 11 is 0. The highest BCUT2D eigenvalue weighted by molar-refractivity contribution is 6.12. The van der Waals surface area contributed by atoms with Crippen LogP contribution in [-0.4, -0.2) is 35.1 Å². The number of carboxylic acids is 1. The zero-order chi connectivity index (χ0) is 20.8. The number of phenolic OH excluding ortho intramolecular Hbond substituents is 1. The van der Waals surface area contributed by atoms with E-state index >= 15 is 0 Å². The molecule has 3 aromatic rings. The highest BCUT2D eigenvalue weighted by Gasteiger charge is 2.21. The summed E-state index contributed by atoms with van der Waals surface area (Å²) in [6.45, 7) is 0. The van der Waals surface area contributed by atoms with Crippen LogP contribution in [0.25, 0.3) is 0 Å². The summed E-state index contributed by atoms with van der Waals surface area (Å²) < 4.78 is 5.12. The maximum atomic E-state index is 13.0. The first-order valence-corrected chi connectivity index (χ1v) is 9.03. The van der Waals surface area contributed by atoms with E-state index in [-0.39, 0.29) is 18.0 Å². The van der Waals surface area contributed by atoms with Crippen molar-refractivity contribution in [3.8, 4) is 11.5 Å². The highest BCUT2D eigenvalue weighted by Crippen LogP contribution is 2.23. The van der Waals surface area contributed by atoms with Gasteiger partial charge in [-0.05, 0) is 54.1 Å². The number of para-hydroxylation sites is 1. The molecule has 0 aliphatic rings. The first-order chi connectivity index (χ1) is 14.0. The second-order valence-electron chi connectivity index (χ2n) is 6.51. The maximum Gasteiger partial charge on any atom is 0.326 e. The number of ketones is 1. The molecule has 1 atom stereocenters. The van der Waals surface area contributed by atoms with Crippen LogP contribution in [-0.2, 0) is 11.2 Å². The maximum absolute atomic E-state index is 13.0. The van der Waals surface area contributed by atoms with Crippen LogP contribution in [0.5, 0.6) is 11.5 Å². The third kappa shape index (κ3) is 4.93. The fourth-order valence-corrected chi connectivity index (χ4v) is 2.96. The molecule has 0 spiro atoms. The molecule has 3 rings (SSSR count). The molecule has 6 nitrogen and oxygen atoms in total. The molecule has 0 radical (unpaired) electrons. The number of hydrogen-bond donors (Lipinski definition) is 3. The van der Waals surface area contributed by atoms with Gasteiger partial charge in [0, 0.05) is 23.2 Å². The van der Waals surface area contributed by atoms with E-state index in [0.29, 0.717) is 22.6 Å². The van der Waals surface area contributed by atoms with Crippen molar-refractivity contribution in [2.75, 3.05) is 12.4 Å². The molecule has 3 N–H and O–H groups in total. The van der Waals surface area contributed by atoms with Gasteiger partial charge < -0.3 is 20.3 Å². The van der Waals surface area contributed by atoms with E-state index in [1.54, 1.807) is 67.8 Å². The Kier molecular flexibility index (Phi) is 6.14. The average molecular weight is 391 g/mol. The van der Waals surface area contributed by atoms with Crippen LogP contribution >= 0.6 is 0 Å². The number of benzene rings is 3. The van der Waals surface area contributed by atoms with Gasteiger partial charge in [-0.3, -0.25) is 4.79 Å². The molecule has 148 valence electrons. The number of carbonyl (C=O) groups is 2. The van der Waals surface area contributed by atoms with Crippen molar-refractivity contribution in [2.45, 2.75) is 12.5 Å². The fraction of sp³-hybridized carbons (Fsp3) is 0.130. The van der Waals surface area contributed by atoms with Crippen molar-refractivity contribution in [1.29, 1.82) is 0 Å². The van der Waals surface area contributed by atoms with Crippen LogP contribution in [0.15, 0.2) is 72.8 Å². The third-order valence-corrected chi connectivity index (χ3v) is 4.53. The lowest BCUT2D eigenvalue weighted by molar-refractivity contribution is -0.137. The summed E-state index contributed by atoms with van der Waals surface area (Å²) in [5, 5.41) is 22.0. The van der Waals surface area contributed by atoms with E-state index in [0.717, 1.165) is 5.56 Å². The number of nitrogens with one attached hydrogen (secondary N) is 1. The monoisotopic (exact) mass is 391 g/mol. The first-order valence-electron chi connectivity index (χ1n) is 9.03. The van der Waals surface area contributed by atoms with Crippen molar-refractivity contribution >= 4 is 17.4 Å². The lowest BCUT2D eigenvalue weighted by Gasteiger charge is -2.18. The molecule has 0 saturated heterocycles. The molecule has 3 aromatic carbocycles. The molecular weight excluding hydrogens is 370 g/mol. The summed E-state index contributed by atoms with van der Waals surface area (Å²) in [5.74, 6) is -0.494. The standard InChI is InChI=1S/C23H21NO5/c1-29-18-12-8-16(9-13-18)22(26)19-4-2-3-5-20(19)24-21(23(27)28)14-15-6-10-17(25)11-7-15/h2-13,21,24-25H,14H2,1H3,(H,27,28). The zero-order valence-electron chi connectivity index (χ0n) is 15.8. The van der Waals surface area contributed by atoms with Crippen molar-refractivity contribution in [1.82, 2.24) is 0 Å². The Bertz CT molecular complexity index is 997. The van der Waals surface area contributed by atoms with E-state index in [4.69, 9.17) is 4.74 Å². The molecule has 29 heavy (non-hydrogen) atoms. The average Bonchev–Trinajstić information content (AvgIpc) is 2.74. The topological polar surface area (TPSA) is 95.9 Å². The molecule has 0 amide bonds. The van der Waals surface area contributed by atoms with Gasteiger partial charge in [-0.1, -0.05) is 24.3 Å². The van der Waals surface area contributed by atoms with Crippen LogP contribution in [0.2, 0.25) is 0 Å². The van der Waals surface area contributed by atoms with Gasteiger partial charge in [-0.2, -0.15) is 0 Å². The predicted molar refractivity (Wildman–Crippen MR) is 110 cm³/mol. The summed E-state index contributed by atoms with van der Waals surface area (Å²) in [6, 6.07) is 19.0. The highest BCUT2D eigenvalue weighted by atomic mass is 16.5. The minimum Gasteiger partial charge on any atom is -0.508 e. The first kappa shape index (κ1) is 19.9. The number of phenols is 1. The van der Waals surface area contributed by atoms with Gasteiger partial charge in [-0.15, -0.1) is 0 Å². The SMILES string of the molecule is COc1ccc(C(=O)c2ccccc2NC(Cc2ccc(O)cc2)C(=O)O)cc1. The van der Waals surface area contributed by atoms with E-state index in [2.05, 4.69) is 5.32 Å². The quantitative estimate of drug-likeness (QED) is 0.506. The molecule has 6 heteroatoms. The van der Waals surface area contributed by atoms with E-state index in [1.807, 2.05) is 0 Å². The van der Waals surface area contributed by atoms with E-state index < -0.39 is 12.0 Å². The minimum atomic E-state index is -1.04. The van der Waals surface area contributed by atoms with E-state index in [9.17, 15) is 19.8 Å². The molecular formula is C23H21NO5. The number of methoxy groups -OCH3 is 1. The smallest absolute Gasteiger partial charge is 0.326 e. The van der Waals surface area contributed by atoms with Crippen molar-refractivity contribution in [3.05, 3.63) is 89.5 Å². The van der Waals surface area contributed by atoms with Crippen LogP contribution in [0.3, 0.4) is 0 Å². The van der Waals surface area contributed by atoms with Crippen molar-refractivity contribution < 1.29 is 24.5 Å². The normalized spacial score (nSPS) is 11.5. The number of hydrogen-bond acceptors (Lipinski definition) is 5. The Morgan fingerprint density at radius 2 is 1.62 bits per heavy atom. The molecule has 0 fully saturated rings. The molecule has 0 heterocycles. The second-order valence-corrected chi connectivity index (χ2v) is 6.51. The fourth-order valence-electron chi connectivity index (χ4n) is 2.96. The van der Waals surface area contributed by atoms with Gasteiger partial charge >= 0.3 is 5.97 Å². The van der Waals surface area contributed by atoms with Crippen LogP contribution in [0.4, 0.5) is 5.69 Å². The molecule has 0 aliphatic carbocycles. The third-order valence-electron chi connectivity index (χ3n) is 4.53. The molecule has 0 aromatic heterocycles. The number of aliphatic carboxylic acids is 1. The number of rotatable bonds is 8. The summed E-state index contributed by atoms with van der Waals surface area (Å²) in [5.41, 5.74) is 2.06. The summed E-state index contributed by atoms with van der Waals surface area (Å²) in [7, 11) is 1.55. The van der Waals surface area contributed by atoms with Gasteiger partial charge in [0.1, 0.15) is 17.5 Å². The molecule has 1 unspecified atom stereocenters. The van der Waals surface area contributed by atoms with Crippen molar-refractivity contribution in [3.63, 3.8) is 0 Å².